The van der Waals surface area contributed by atoms with Crippen LogP contribution >= 0.6 is 0 Å². The van der Waals surface area contributed by atoms with E-state index in [9.17, 15) is 9.59 Å². The number of hydrazone groups is 1. The molecule has 0 aliphatic carbocycles. The van der Waals surface area contributed by atoms with E-state index in [0.29, 0.717) is 0 Å². The van der Waals surface area contributed by atoms with Crippen LogP contribution in [-0.2, 0) is 4.74 Å². The van der Waals surface area contributed by atoms with Crippen LogP contribution in [0.1, 0.15) is 59.8 Å². The summed E-state index contributed by atoms with van der Waals surface area (Å²) in [5.41, 5.74) is 1.98. The average molecular weight is 326 g/mol. The smallest absolute Gasteiger partial charge is 0.408 e. The fourth-order valence-corrected chi connectivity index (χ4v) is 2.24. The zero-order valence-corrected chi connectivity index (χ0v) is 14.7. The average Bonchev–Trinajstić information content (AvgIpc) is 2.96. The minimum atomic E-state index is -0.541. The summed E-state index contributed by atoms with van der Waals surface area (Å²) in [6, 6.07) is -0.450. The second-order valence-corrected chi connectivity index (χ2v) is 6.78. The zero-order valence-electron chi connectivity index (χ0n) is 14.7. The molecule has 0 unspecified atom stereocenters. The van der Waals surface area contributed by atoms with Crippen molar-refractivity contribution in [3.05, 3.63) is 0 Å². The number of carbonyl (C=O) groups is 2. The Balaban J connectivity index is 2.47. The van der Waals surface area contributed by atoms with E-state index in [0.717, 1.165) is 45.2 Å². The molecule has 0 aromatic rings. The number of rotatable bonds is 6. The maximum atomic E-state index is 11.8. The van der Waals surface area contributed by atoms with Gasteiger partial charge in [-0.3, -0.25) is 0 Å². The van der Waals surface area contributed by atoms with Gasteiger partial charge in [-0.2, -0.15) is 5.10 Å². The highest BCUT2D eigenvalue weighted by molar-refractivity contribution is 5.78. The molecule has 7 nitrogen and oxygen atoms in total. The minimum Gasteiger partial charge on any atom is -0.444 e. The SMILES string of the molecule is CCCC[C@@H](/C=N/NC(=O)N1CCCC1)NC(=O)OC(C)(C)C. The molecule has 1 aliphatic rings. The first kappa shape index (κ1) is 19.3. The highest BCUT2D eigenvalue weighted by Crippen LogP contribution is 2.08. The standard InChI is InChI=1S/C16H30N4O3/c1-5-6-9-13(18-15(22)23-16(2,3)4)12-17-19-14(21)20-10-7-8-11-20/h12-13H,5-11H2,1-4H3,(H,18,22)(H,19,21)/b17-12+/t13-/m0/s1. The quantitative estimate of drug-likeness (QED) is 0.581. The Hall–Kier alpha value is -1.79. The fraction of sp³-hybridized carbons (Fsp3) is 0.812. The monoisotopic (exact) mass is 326 g/mol. The van der Waals surface area contributed by atoms with Crippen LogP contribution in [-0.4, -0.2) is 48.0 Å². The summed E-state index contributed by atoms with van der Waals surface area (Å²) in [6.07, 6.45) is 5.88. The molecule has 1 saturated heterocycles. The molecule has 7 heteroatoms. The number of hydrogen-bond donors (Lipinski definition) is 2. The van der Waals surface area contributed by atoms with Crippen LogP contribution in [0.2, 0.25) is 0 Å². The number of hydrogen-bond acceptors (Lipinski definition) is 4. The summed E-state index contributed by atoms with van der Waals surface area (Å²) < 4.78 is 5.25. The van der Waals surface area contributed by atoms with Gasteiger partial charge in [0.2, 0.25) is 0 Å². The topological polar surface area (TPSA) is 83.0 Å². The largest absolute Gasteiger partial charge is 0.444 e. The van der Waals surface area contributed by atoms with Crippen LogP contribution in [0.15, 0.2) is 5.10 Å². The molecule has 1 atom stereocenters. The number of unbranched alkanes of at least 4 members (excludes halogenated alkanes) is 1. The Morgan fingerprint density at radius 2 is 1.96 bits per heavy atom. The van der Waals surface area contributed by atoms with Crippen molar-refractivity contribution in [2.45, 2.75) is 71.4 Å². The Kier molecular flexibility index (Phi) is 7.85. The van der Waals surface area contributed by atoms with E-state index in [2.05, 4.69) is 22.8 Å². The highest BCUT2D eigenvalue weighted by atomic mass is 16.6. The van der Waals surface area contributed by atoms with Crippen molar-refractivity contribution in [2.24, 2.45) is 5.10 Å². The molecule has 0 aromatic carbocycles. The Morgan fingerprint density at radius 3 is 2.52 bits per heavy atom. The molecule has 23 heavy (non-hydrogen) atoms. The van der Waals surface area contributed by atoms with Gasteiger partial charge in [0.15, 0.2) is 0 Å². The van der Waals surface area contributed by atoms with Gasteiger partial charge in [0.25, 0.3) is 0 Å². The molecule has 1 heterocycles. The lowest BCUT2D eigenvalue weighted by molar-refractivity contribution is 0.0517. The second kappa shape index (κ2) is 9.37. The molecular formula is C16H30N4O3. The van der Waals surface area contributed by atoms with Gasteiger partial charge in [0.1, 0.15) is 5.60 Å². The molecule has 0 radical (unpaired) electrons. The molecule has 132 valence electrons. The first-order valence-electron chi connectivity index (χ1n) is 8.39. The van der Waals surface area contributed by atoms with E-state index in [1.807, 2.05) is 20.8 Å². The Morgan fingerprint density at radius 1 is 1.30 bits per heavy atom. The van der Waals surface area contributed by atoms with E-state index >= 15 is 0 Å². The van der Waals surface area contributed by atoms with Crippen LogP contribution < -0.4 is 10.7 Å². The summed E-state index contributed by atoms with van der Waals surface area (Å²) >= 11 is 0. The molecule has 1 aliphatic heterocycles. The third kappa shape index (κ3) is 8.42. The van der Waals surface area contributed by atoms with Gasteiger partial charge < -0.3 is 15.0 Å². The Labute approximate surface area is 138 Å². The highest BCUT2D eigenvalue weighted by Gasteiger charge is 2.19. The molecule has 0 bridgehead atoms. The summed E-state index contributed by atoms with van der Waals surface area (Å²) in [5.74, 6) is 0. The Bertz CT molecular complexity index is 412. The van der Waals surface area contributed by atoms with Crippen LogP contribution in [0.5, 0.6) is 0 Å². The summed E-state index contributed by atoms with van der Waals surface area (Å²) in [7, 11) is 0. The lowest BCUT2D eigenvalue weighted by Crippen LogP contribution is -2.41. The van der Waals surface area contributed by atoms with Gasteiger partial charge in [-0.05, 0) is 40.0 Å². The molecule has 0 spiro atoms. The minimum absolute atomic E-state index is 0.190. The van der Waals surface area contributed by atoms with Gasteiger partial charge in [-0.25, -0.2) is 15.0 Å². The zero-order chi connectivity index (χ0) is 17.3. The number of nitrogens with zero attached hydrogens (tertiary/aromatic N) is 2. The molecular weight excluding hydrogens is 296 g/mol. The first-order valence-corrected chi connectivity index (χ1v) is 8.39. The number of alkyl carbamates (subject to hydrolysis) is 1. The number of ether oxygens (including phenoxy) is 1. The number of likely N-dealkylation sites (tertiary alicyclic amines) is 1. The summed E-state index contributed by atoms with van der Waals surface area (Å²) in [5, 5.41) is 6.76. The third-order valence-corrected chi connectivity index (χ3v) is 3.38. The van der Waals surface area contributed by atoms with Gasteiger partial charge in [0.05, 0.1) is 6.04 Å². The summed E-state index contributed by atoms with van der Waals surface area (Å²) in [4.78, 5) is 25.4. The molecule has 0 aromatic heterocycles. The summed E-state index contributed by atoms with van der Waals surface area (Å²) in [6.45, 7) is 9.08. The fourth-order valence-electron chi connectivity index (χ4n) is 2.24. The van der Waals surface area contributed by atoms with E-state index in [4.69, 9.17) is 4.74 Å². The number of carbonyl (C=O) groups excluding carboxylic acids is 2. The first-order chi connectivity index (χ1) is 10.8. The van der Waals surface area contributed by atoms with Crippen molar-refractivity contribution in [2.75, 3.05) is 13.1 Å². The number of urea groups is 1. The number of nitrogens with one attached hydrogen (secondary N) is 2. The van der Waals surface area contributed by atoms with Crippen LogP contribution in [0.4, 0.5) is 9.59 Å². The normalized spacial score (nSPS) is 16.4. The maximum Gasteiger partial charge on any atom is 0.408 e. The molecule has 3 amide bonds. The van der Waals surface area contributed by atoms with E-state index in [1.165, 1.54) is 0 Å². The number of amides is 3. The van der Waals surface area contributed by atoms with Gasteiger partial charge >= 0.3 is 12.1 Å². The van der Waals surface area contributed by atoms with Crippen molar-refractivity contribution in [1.29, 1.82) is 0 Å². The molecule has 1 rings (SSSR count). The molecule has 1 fully saturated rings. The van der Waals surface area contributed by atoms with Crippen LogP contribution in [0.3, 0.4) is 0 Å². The lowest BCUT2D eigenvalue weighted by Gasteiger charge is -2.22. The van der Waals surface area contributed by atoms with Crippen molar-refractivity contribution in [3.8, 4) is 0 Å². The predicted octanol–water partition coefficient (Wildman–Crippen LogP) is 2.86. The van der Waals surface area contributed by atoms with E-state index in [-0.39, 0.29) is 12.1 Å². The second-order valence-electron chi connectivity index (χ2n) is 6.78. The van der Waals surface area contributed by atoms with Crippen molar-refractivity contribution >= 4 is 18.3 Å². The van der Waals surface area contributed by atoms with Crippen molar-refractivity contribution in [3.63, 3.8) is 0 Å². The van der Waals surface area contributed by atoms with Gasteiger partial charge in [-0.15, -0.1) is 0 Å². The van der Waals surface area contributed by atoms with Crippen LogP contribution in [0, 0.1) is 0 Å². The van der Waals surface area contributed by atoms with E-state index in [1.54, 1.807) is 11.1 Å². The molecule has 2 N–H and O–H groups in total. The predicted molar refractivity (Wildman–Crippen MR) is 90.5 cm³/mol. The van der Waals surface area contributed by atoms with E-state index < -0.39 is 11.7 Å². The molecule has 0 saturated carbocycles. The van der Waals surface area contributed by atoms with Crippen molar-refractivity contribution in [1.82, 2.24) is 15.6 Å². The van der Waals surface area contributed by atoms with Crippen LogP contribution in [0.25, 0.3) is 0 Å². The third-order valence-electron chi connectivity index (χ3n) is 3.38. The maximum absolute atomic E-state index is 11.8. The van der Waals surface area contributed by atoms with Gasteiger partial charge in [-0.1, -0.05) is 19.8 Å². The lowest BCUT2D eigenvalue weighted by atomic mass is 10.1. The van der Waals surface area contributed by atoms with Crippen molar-refractivity contribution < 1.29 is 14.3 Å². The van der Waals surface area contributed by atoms with Gasteiger partial charge in [0, 0.05) is 19.3 Å².